The summed E-state index contributed by atoms with van der Waals surface area (Å²) in [5, 5.41) is 0. The van der Waals surface area contributed by atoms with Gasteiger partial charge in [0, 0.05) is 0 Å². The zero-order chi connectivity index (χ0) is 8.20. The van der Waals surface area contributed by atoms with Crippen molar-refractivity contribution in [1.29, 1.82) is 0 Å². The van der Waals surface area contributed by atoms with E-state index in [9.17, 15) is 8.42 Å². The van der Waals surface area contributed by atoms with Gasteiger partial charge in [-0.3, -0.25) is 4.18 Å². The van der Waals surface area contributed by atoms with E-state index in [4.69, 9.17) is 11.5 Å². The van der Waals surface area contributed by atoms with Crippen LogP contribution in [-0.4, -0.2) is 26.9 Å². The molecule has 5 nitrogen and oxygen atoms in total. The van der Waals surface area contributed by atoms with Crippen LogP contribution < -0.4 is 11.5 Å². The van der Waals surface area contributed by atoms with Gasteiger partial charge < -0.3 is 11.5 Å². The molecule has 0 fully saturated rings. The van der Waals surface area contributed by atoms with Gasteiger partial charge in [-0.1, -0.05) is 0 Å². The van der Waals surface area contributed by atoms with Gasteiger partial charge >= 0.3 is 0 Å². The maximum absolute atomic E-state index is 10.6. The van der Waals surface area contributed by atoms with E-state index in [0.717, 1.165) is 0 Å². The summed E-state index contributed by atoms with van der Waals surface area (Å²) >= 11 is 0. The van der Waals surface area contributed by atoms with Crippen molar-refractivity contribution < 1.29 is 12.6 Å². The van der Waals surface area contributed by atoms with E-state index in [1.54, 1.807) is 0 Å². The van der Waals surface area contributed by atoms with Crippen molar-refractivity contribution in [2.45, 2.75) is 13.1 Å². The average Bonchev–Trinajstić information content (AvgIpc) is 1.85. The van der Waals surface area contributed by atoms with Gasteiger partial charge in [0.2, 0.25) is 0 Å². The maximum Gasteiger partial charge on any atom is 0.267 e. The Morgan fingerprint density at radius 1 is 1.50 bits per heavy atom. The van der Waals surface area contributed by atoms with Crippen molar-refractivity contribution in [3.8, 4) is 0 Å². The van der Waals surface area contributed by atoms with E-state index >= 15 is 0 Å². The first-order valence-corrected chi connectivity index (χ1v) is 4.44. The van der Waals surface area contributed by atoms with Crippen LogP contribution in [-0.2, 0) is 14.3 Å². The van der Waals surface area contributed by atoms with E-state index < -0.39 is 16.3 Å². The Morgan fingerprint density at radius 2 is 2.00 bits per heavy atom. The van der Waals surface area contributed by atoms with E-state index in [-0.39, 0.29) is 12.4 Å². The van der Waals surface area contributed by atoms with Crippen LogP contribution in [0.4, 0.5) is 0 Å². The molecule has 0 aromatic rings. The Kier molecular flexibility index (Phi) is 3.80. The van der Waals surface area contributed by atoms with Crippen molar-refractivity contribution in [3.63, 3.8) is 0 Å². The van der Waals surface area contributed by atoms with Crippen LogP contribution in [0.3, 0.4) is 0 Å². The van der Waals surface area contributed by atoms with Gasteiger partial charge in [-0.2, -0.15) is 8.42 Å². The monoisotopic (exact) mass is 168 g/mol. The van der Waals surface area contributed by atoms with Crippen LogP contribution in [0.5, 0.6) is 0 Å². The fourth-order valence-electron chi connectivity index (χ4n) is 0.266. The van der Waals surface area contributed by atoms with Crippen molar-refractivity contribution in [2.75, 3.05) is 12.4 Å². The summed E-state index contributed by atoms with van der Waals surface area (Å²) in [5.41, 5.74) is 10.1. The lowest BCUT2D eigenvalue weighted by Crippen LogP contribution is -2.36. The zero-order valence-corrected chi connectivity index (χ0v) is 6.60. The molecule has 6 heteroatoms. The van der Waals surface area contributed by atoms with Gasteiger partial charge in [0.15, 0.2) is 0 Å². The lowest BCUT2D eigenvalue weighted by molar-refractivity contribution is 0.294. The van der Waals surface area contributed by atoms with Gasteiger partial charge in [-0.15, -0.1) is 0 Å². The molecular weight excluding hydrogens is 156 g/mol. The Labute approximate surface area is 60.5 Å². The minimum atomic E-state index is -3.37. The predicted molar refractivity (Wildman–Crippen MR) is 37.6 cm³/mol. The van der Waals surface area contributed by atoms with E-state index in [1.165, 1.54) is 6.92 Å². The van der Waals surface area contributed by atoms with Crippen molar-refractivity contribution in [3.05, 3.63) is 0 Å². The molecule has 0 saturated heterocycles. The molecule has 0 aromatic heterocycles. The summed E-state index contributed by atoms with van der Waals surface area (Å²) < 4.78 is 25.5. The summed E-state index contributed by atoms with van der Waals surface area (Å²) in [6.07, 6.45) is -0.735. The second-order valence-corrected chi connectivity index (χ2v) is 3.72. The Bertz CT molecular complexity index is 175. The Hall–Kier alpha value is -0.170. The lowest BCUT2D eigenvalue weighted by atomic mass is 10.6. The minimum absolute atomic E-state index is 0.0558. The third-order valence-corrected chi connectivity index (χ3v) is 2.00. The molecule has 0 amide bonds. The summed E-state index contributed by atoms with van der Waals surface area (Å²) in [5.74, 6) is -0.0558. The Morgan fingerprint density at radius 3 is 2.30 bits per heavy atom. The number of hydrogen-bond acceptors (Lipinski definition) is 5. The molecule has 10 heavy (non-hydrogen) atoms. The molecule has 0 unspecified atom stereocenters. The van der Waals surface area contributed by atoms with Crippen LogP contribution in [0.15, 0.2) is 0 Å². The van der Waals surface area contributed by atoms with Gasteiger partial charge in [-0.05, 0) is 6.92 Å². The van der Waals surface area contributed by atoms with Crippen molar-refractivity contribution >= 4 is 10.1 Å². The first-order valence-electron chi connectivity index (χ1n) is 2.86. The zero-order valence-electron chi connectivity index (χ0n) is 5.78. The molecule has 0 saturated carbocycles. The summed E-state index contributed by atoms with van der Waals surface area (Å²) in [4.78, 5) is 0. The summed E-state index contributed by atoms with van der Waals surface area (Å²) in [6, 6.07) is 0. The smallest absolute Gasteiger partial charge is 0.267 e. The summed E-state index contributed by atoms with van der Waals surface area (Å²) in [6.45, 7) is 1.33. The molecule has 0 aliphatic carbocycles. The molecule has 62 valence electrons. The SMILES string of the molecule is CCS(=O)(=O)OCC(N)N. The van der Waals surface area contributed by atoms with Crippen molar-refractivity contribution in [1.82, 2.24) is 0 Å². The van der Waals surface area contributed by atoms with Gasteiger partial charge in [-0.25, -0.2) is 0 Å². The molecule has 0 aromatic carbocycles. The second-order valence-electron chi connectivity index (χ2n) is 1.79. The van der Waals surface area contributed by atoms with Gasteiger partial charge in [0.25, 0.3) is 10.1 Å². The minimum Gasteiger partial charge on any atom is -0.314 e. The van der Waals surface area contributed by atoms with E-state index in [0.29, 0.717) is 0 Å². The quantitative estimate of drug-likeness (QED) is 0.397. The average molecular weight is 168 g/mol. The van der Waals surface area contributed by atoms with Gasteiger partial charge in [0.1, 0.15) is 0 Å². The first kappa shape index (κ1) is 9.83. The Balaban J connectivity index is 3.70. The largest absolute Gasteiger partial charge is 0.314 e. The predicted octanol–water partition coefficient (Wildman–Crippen LogP) is -1.40. The summed E-state index contributed by atoms with van der Waals surface area (Å²) in [7, 11) is -3.37. The van der Waals surface area contributed by atoms with Crippen molar-refractivity contribution in [2.24, 2.45) is 11.5 Å². The number of rotatable bonds is 4. The topological polar surface area (TPSA) is 95.4 Å². The second kappa shape index (κ2) is 3.87. The highest BCUT2D eigenvalue weighted by Crippen LogP contribution is 1.90. The molecule has 0 spiro atoms. The third kappa shape index (κ3) is 4.68. The molecule has 0 radical (unpaired) electrons. The van der Waals surface area contributed by atoms with E-state index in [1.807, 2.05) is 0 Å². The normalized spacial score (nSPS) is 12.4. The number of nitrogens with two attached hydrogens (primary N) is 2. The molecule has 4 N–H and O–H groups in total. The molecule has 0 bridgehead atoms. The first-order chi connectivity index (χ1) is 4.48. The highest BCUT2D eigenvalue weighted by Gasteiger charge is 2.07. The fourth-order valence-corrected chi connectivity index (χ4v) is 0.797. The van der Waals surface area contributed by atoms with Crippen LogP contribution in [0, 0.1) is 0 Å². The molecule has 0 atom stereocenters. The standard InChI is InChI=1S/C4H12N2O3S/c1-2-10(7,8)9-3-4(5)6/h4H,2-3,5-6H2,1H3. The highest BCUT2D eigenvalue weighted by atomic mass is 32.2. The fraction of sp³-hybridized carbons (Fsp3) is 1.00. The van der Waals surface area contributed by atoms with Crippen LogP contribution in [0.1, 0.15) is 6.92 Å². The third-order valence-electron chi connectivity index (χ3n) is 0.794. The molecule has 0 rings (SSSR count). The highest BCUT2D eigenvalue weighted by molar-refractivity contribution is 7.86. The van der Waals surface area contributed by atoms with E-state index in [2.05, 4.69) is 4.18 Å². The molecular formula is C4H12N2O3S. The molecule has 0 heterocycles. The van der Waals surface area contributed by atoms with Gasteiger partial charge in [0.05, 0.1) is 18.5 Å². The van der Waals surface area contributed by atoms with Crippen LogP contribution in [0.25, 0.3) is 0 Å². The molecule has 0 aliphatic heterocycles. The van der Waals surface area contributed by atoms with Crippen LogP contribution >= 0.6 is 0 Å². The van der Waals surface area contributed by atoms with Crippen LogP contribution in [0.2, 0.25) is 0 Å². The lowest BCUT2D eigenvalue weighted by Gasteiger charge is -2.04. The molecule has 0 aliphatic rings. The number of hydrogen-bond donors (Lipinski definition) is 2. The maximum atomic E-state index is 10.6.